The summed E-state index contributed by atoms with van der Waals surface area (Å²) in [7, 11) is 0. The molecule has 13 heavy (non-hydrogen) atoms. The zero-order valence-electron chi connectivity index (χ0n) is 8.91. The summed E-state index contributed by atoms with van der Waals surface area (Å²) in [4.78, 5) is 0. The van der Waals surface area contributed by atoms with Gasteiger partial charge >= 0.3 is 91.4 Å². The first-order valence-electron chi connectivity index (χ1n) is 5.04. The van der Waals surface area contributed by atoms with E-state index < -0.39 is 23.1 Å². The Morgan fingerprint density at radius 1 is 0.692 bits per heavy atom. The van der Waals surface area contributed by atoms with E-state index in [0.717, 1.165) is 39.1 Å². The van der Waals surface area contributed by atoms with Crippen LogP contribution in [0.1, 0.15) is 40.0 Å². The summed E-state index contributed by atoms with van der Waals surface area (Å²) in [6, 6.07) is 0. The van der Waals surface area contributed by atoms with Gasteiger partial charge in [0.05, 0.1) is 0 Å². The fourth-order valence-corrected chi connectivity index (χ4v) is 5.35. The third-order valence-electron chi connectivity index (χ3n) is 1.20. The molecule has 0 amide bonds. The monoisotopic (exact) mass is 386 g/mol. The van der Waals surface area contributed by atoms with Gasteiger partial charge in [0.2, 0.25) is 0 Å². The predicted molar refractivity (Wildman–Crippen MR) is 54.5 cm³/mol. The Labute approximate surface area is 91.3 Å². The van der Waals surface area contributed by atoms with Crippen molar-refractivity contribution in [2.45, 2.75) is 40.0 Å². The molecule has 80 valence electrons. The first-order chi connectivity index (χ1) is 6.35. The van der Waals surface area contributed by atoms with E-state index in [1.54, 1.807) is 0 Å². The molecule has 4 heteroatoms. The van der Waals surface area contributed by atoms with E-state index >= 15 is 0 Å². The van der Waals surface area contributed by atoms with Crippen LogP contribution in [0.5, 0.6) is 0 Å². The Morgan fingerprint density at radius 3 is 1.23 bits per heavy atom. The maximum atomic E-state index is 5.55. The summed E-state index contributed by atoms with van der Waals surface area (Å²) in [5, 5.41) is 0. The van der Waals surface area contributed by atoms with Gasteiger partial charge in [-0.3, -0.25) is 0 Å². The van der Waals surface area contributed by atoms with Crippen LogP contribution in [0.4, 0.5) is 0 Å². The van der Waals surface area contributed by atoms with Gasteiger partial charge in [-0.15, -0.1) is 0 Å². The second-order valence-electron chi connectivity index (χ2n) is 2.72. The van der Waals surface area contributed by atoms with Crippen molar-refractivity contribution in [1.29, 1.82) is 0 Å². The average molecular weight is 386 g/mol. The molecule has 0 aliphatic heterocycles. The normalized spacial score (nSPS) is 11.1. The van der Waals surface area contributed by atoms with E-state index in [0.29, 0.717) is 0 Å². The Kier molecular flexibility index (Phi) is 11.5. The van der Waals surface area contributed by atoms with Gasteiger partial charge in [-0.25, -0.2) is 0 Å². The van der Waals surface area contributed by atoms with Crippen molar-refractivity contribution >= 4 is 23.1 Å². The summed E-state index contributed by atoms with van der Waals surface area (Å²) in [6.45, 7) is 8.65. The summed E-state index contributed by atoms with van der Waals surface area (Å²) >= 11 is -2.41. The molecule has 0 aromatic carbocycles. The Bertz CT molecular complexity index is 81.8. The molecule has 0 fully saturated rings. The van der Waals surface area contributed by atoms with Crippen molar-refractivity contribution < 1.29 is 8.44 Å². The van der Waals surface area contributed by atoms with Crippen LogP contribution in [0, 0.1) is 0 Å². The third-order valence-corrected chi connectivity index (χ3v) is 5.79. The van der Waals surface area contributed by atoms with Crippen molar-refractivity contribution in [3.63, 3.8) is 0 Å². The van der Waals surface area contributed by atoms with Crippen molar-refractivity contribution in [3.05, 3.63) is 0 Å². The topological polar surface area (TPSA) is 27.7 Å². The van der Waals surface area contributed by atoms with Crippen LogP contribution in [0.25, 0.3) is 0 Å². The van der Waals surface area contributed by atoms with Crippen LogP contribution in [0.3, 0.4) is 0 Å². The molecule has 0 spiro atoms. The Morgan fingerprint density at radius 2 is 1.00 bits per heavy atom. The molecule has 0 bridgehead atoms. The SMILES string of the molecule is CCC[O][Bi]([O]CCC)[O]CCC. The molecule has 0 rings (SSSR count). The van der Waals surface area contributed by atoms with Gasteiger partial charge < -0.3 is 0 Å². The summed E-state index contributed by atoms with van der Waals surface area (Å²) in [5.74, 6) is 0. The second-order valence-corrected chi connectivity index (χ2v) is 7.47. The fraction of sp³-hybridized carbons (Fsp3) is 1.00. The van der Waals surface area contributed by atoms with Gasteiger partial charge in [0.1, 0.15) is 0 Å². The molecule has 0 aromatic rings. The van der Waals surface area contributed by atoms with E-state index in [4.69, 9.17) is 8.44 Å². The standard InChI is InChI=1S/3C3H7O.Bi/c3*1-2-3-4;/h3*2-3H2,1H3;/q3*-1;+3. The molecule has 0 aromatic heterocycles. The van der Waals surface area contributed by atoms with Crippen molar-refractivity contribution in [2.24, 2.45) is 0 Å². The van der Waals surface area contributed by atoms with Gasteiger partial charge in [-0.05, 0) is 0 Å². The third kappa shape index (κ3) is 9.08. The molecule has 0 aliphatic rings. The van der Waals surface area contributed by atoms with Gasteiger partial charge in [0.25, 0.3) is 0 Å². The molecular weight excluding hydrogens is 365 g/mol. The molecular formula is C9H21BiO3. The Hall–Kier alpha value is 0.763. The number of rotatable bonds is 9. The molecule has 3 nitrogen and oxygen atoms in total. The number of hydrogen-bond acceptors (Lipinski definition) is 3. The molecule has 0 saturated heterocycles. The van der Waals surface area contributed by atoms with Crippen LogP contribution in [0.2, 0.25) is 0 Å². The van der Waals surface area contributed by atoms with Gasteiger partial charge in [0.15, 0.2) is 0 Å². The molecule has 0 aliphatic carbocycles. The second kappa shape index (κ2) is 10.8. The van der Waals surface area contributed by atoms with Gasteiger partial charge in [0, 0.05) is 0 Å². The van der Waals surface area contributed by atoms with Crippen LogP contribution in [0.15, 0.2) is 0 Å². The van der Waals surface area contributed by atoms with Gasteiger partial charge in [-0.1, -0.05) is 0 Å². The zero-order valence-corrected chi connectivity index (χ0v) is 12.4. The molecule has 0 radical (unpaired) electrons. The first-order valence-corrected chi connectivity index (χ1v) is 9.29. The van der Waals surface area contributed by atoms with Crippen LogP contribution in [-0.2, 0) is 8.44 Å². The van der Waals surface area contributed by atoms with E-state index in [1.807, 2.05) is 0 Å². The van der Waals surface area contributed by atoms with Crippen LogP contribution >= 0.6 is 0 Å². The summed E-state index contributed by atoms with van der Waals surface area (Å²) in [6.07, 6.45) is 3.12. The van der Waals surface area contributed by atoms with Crippen LogP contribution in [-0.4, -0.2) is 42.9 Å². The van der Waals surface area contributed by atoms with Crippen molar-refractivity contribution in [1.82, 2.24) is 0 Å². The fourth-order valence-electron chi connectivity index (χ4n) is 0.609. The molecule has 0 atom stereocenters. The average Bonchev–Trinajstić information content (AvgIpc) is 2.17. The maximum absolute atomic E-state index is 5.55. The minimum absolute atomic E-state index is 0.783. The predicted octanol–water partition coefficient (Wildman–Crippen LogP) is 2.25. The molecule has 0 heterocycles. The van der Waals surface area contributed by atoms with E-state index in [1.165, 1.54) is 0 Å². The van der Waals surface area contributed by atoms with Crippen molar-refractivity contribution in [3.8, 4) is 0 Å². The van der Waals surface area contributed by atoms with E-state index in [-0.39, 0.29) is 0 Å². The molecule has 0 N–H and O–H groups in total. The van der Waals surface area contributed by atoms with Gasteiger partial charge in [-0.2, -0.15) is 0 Å². The van der Waals surface area contributed by atoms with E-state index in [9.17, 15) is 0 Å². The number of hydrogen-bond donors (Lipinski definition) is 0. The van der Waals surface area contributed by atoms with Crippen LogP contribution < -0.4 is 0 Å². The quantitative estimate of drug-likeness (QED) is 0.569. The molecule has 0 unspecified atom stereocenters. The zero-order chi connectivity index (χ0) is 9.94. The van der Waals surface area contributed by atoms with E-state index in [2.05, 4.69) is 20.8 Å². The summed E-state index contributed by atoms with van der Waals surface area (Å²) in [5.41, 5.74) is 0. The summed E-state index contributed by atoms with van der Waals surface area (Å²) < 4.78 is 16.7. The first kappa shape index (κ1) is 13.8. The minimum atomic E-state index is -2.41. The van der Waals surface area contributed by atoms with Crippen molar-refractivity contribution in [2.75, 3.05) is 19.8 Å². The Balaban J connectivity index is 3.47. The molecule has 0 saturated carbocycles.